The van der Waals surface area contributed by atoms with Gasteiger partial charge in [-0.1, -0.05) is 6.92 Å². The van der Waals surface area contributed by atoms with Gasteiger partial charge in [-0.2, -0.15) is 11.8 Å². The van der Waals surface area contributed by atoms with Crippen molar-refractivity contribution in [2.24, 2.45) is 5.84 Å². The van der Waals surface area contributed by atoms with Gasteiger partial charge < -0.3 is 10.3 Å². The number of nitrogens with one attached hydrogen (secondary N) is 1. The maximum Gasteiger partial charge on any atom is 0.159 e. The van der Waals surface area contributed by atoms with Crippen molar-refractivity contribution in [2.75, 3.05) is 29.4 Å². The zero-order valence-corrected chi connectivity index (χ0v) is 12.7. The van der Waals surface area contributed by atoms with Crippen molar-refractivity contribution in [3.05, 3.63) is 10.8 Å². The van der Waals surface area contributed by atoms with Crippen molar-refractivity contribution >= 4 is 39.3 Å². The molecule has 0 spiro atoms. The van der Waals surface area contributed by atoms with Gasteiger partial charge in [0.05, 0.1) is 0 Å². The number of hydrogen-bond donors (Lipinski definition) is 2. The van der Waals surface area contributed by atoms with Gasteiger partial charge in [0.1, 0.15) is 16.6 Å². The van der Waals surface area contributed by atoms with E-state index < -0.39 is 0 Å². The van der Waals surface area contributed by atoms with Crippen molar-refractivity contribution in [1.29, 1.82) is 0 Å². The van der Waals surface area contributed by atoms with E-state index >= 15 is 0 Å². The molecule has 0 aliphatic heterocycles. The van der Waals surface area contributed by atoms with Crippen molar-refractivity contribution in [3.63, 3.8) is 0 Å². The van der Waals surface area contributed by atoms with Gasteiger partial charge in [0, 0.05) is 18.8 Å². The molecule has 0 aliphatic rings. The zero-order chi connectivity index (χ0) is 12.8. The van der Waals surface area contributed by atoms with Gasteiger partial charge in [0.15, 0.2) is 5.82 Å². The highest BCUT2D eigenvalue weighted by Crippen LogP contribution is 2.30. The maximum atomic E-state index is 5.39. The van der Waals surface area contributed by atoms with Crippen molar-refractivity contribution in [3.8, 4) is 0 Å². The second-order valence-corrected chi connectivity index (χ2v) is 5.34. The lowest BCUT2D eigenvalue weighted by Gasteiger charge is -2.28. The van der Waals surface area contributed by atoms with E-state index in [4.69, 9.17) is 5.84 Å². The number of nitrogen functional groups attached to an aromatic ring is 1. The lowest BCUT2D eigenvalue weighted by molar-refractivity contribution is 0.664. The summed E-state index contributed by atoms with van der Waals surface area (Å²) < 4.78 is 0.796. The summed E-state index contributed by atoms with van der Waals surface area (Å²) >= 11 is 5.31. The van der Waals surface area contributed by atoms with Crippen LogP contribution in [-0.2, 0) is 0 Å². The fourth-order valence-electron chi connectivity index (χ4n) is 1.58. The van der Waals surface area contributed by atoms with Gasteiger partial charge in [-0.05, 0) is 28.6 Å². The van der Waals surface area contributed by atoms with Crippen LogP contribution in [0, 0.1) is 0 Å². The summed E-state index contributed by atoms with van der Waals surface area (Å²) in [7, 11) is 2.04. The van der Waals surface area contributed by atoms with Crippen LogP contribution in [0.4, 0.5) is 11.6 Å². The van der Waals surface area contributed by atoms with Crippen molar-refractivity contribution in [1.82, 2.24) is 9.97 Å². The predicted molar refractivity (Wildman–Crippen MR) is 78.4 cm³/mol. The number of thioether (sulfide) groups is 1. The minimum Gasteiger partial charge on any atom is -0.355 e. The lowest BCUT2D eigenvalue weighted by Crippen LogP contribution is -2.34. The Balaban J connectivity index is 2.98. The first-order valence-electron chi connectivity index (χ1n) is 5.34. The van der Waals surface area contributed by atoms with Crippen LogP contribution in [0.3, 0.4) is 0 Å². The van der Waals surface area contributed by atoms with Gasteiger partial charge in [-0.3, -0.25) is 0 Å². The zero-order valence-electron chi connectivity index (χ0n) is 10.3. The van der Waals surface area contributed by atoms with Gasteiger partial charge in [-0.25, -0.2) is 15.8 Å². The number of rotatable bonds is 6. The van der Waals surface area contributed by atoms with E-state index in [1.165, 1.54) is 6.33 Å². The number of hydrogen-bond acceptors (Lipinski definition) is 6. The molecule has 0 aromatic carbocycles. The summed E-state index contributed by atoms with van der Waals surface area (Å²) in [5, 5.41) is 0. The molecular formula is C10H18BrN5S. The summed E-state index contributed by atoms with van der Waals surface area (Å²) in [6, 6.07) is 0.446. The molecule has 0 radical (unpaired) electrons. The van der Waals surface area contributed by atoms with Crippen LogP contribution in [0.1, 0.15) is 13.3 Å². The van der Waals surface area contributed by atoms with Crippen LogP contribution < -0.4 is 16.2 Å². The third kappa shape index (κ3) is 3.46. The normalized spacial score (nSPS) is 12.3. The first-order valence-corrected chi connectivity index (χ1v) is 7.53. The molecular weight excluding hydrogens is 302 g/mol. The van der Waals surface area contributed by atoms with Crippen LogP contribution in [0.5, 0.6) is 0 Å². The molecule has 0 amide bonds. The number of nitrogens with zero attached hydrogens (tertiary/aromatic N) is 3. The second kappa shape index (κ2) is 7.03. The highest BCUT2D eigenvalue weighted by Gasteiger charge is 2.18. The molecule has 96 valence electrons. The fourth-order valence-corrected chi connectivity index (χ4v) is 3.02. The Hall–Kier alpha value is -0.530. The van der Waals surface area contributed by atoms with E-state index in [0.717, 1.165) is 22.5 Å². The average molecular weight is 320 g/mol. The molecule has 0 saturated carbocycles. The summed E-state index contributed by atoms with van der Waals surface area (Å²) in [6.45, 7) is 2.18. The Morgan fingerprint density at radius 3 is 2.82 bits per heavy atom. The molecule has 0 aliphatic carbocycles. The summed E-state index contributed by atoms with van der Waals surface area (Å²) in [6.07, 6.45) is 4.69. The smallest absolute Gasteiger partial charge is 0.159 e. The van der Waals surface area contributed by atoms with E-state index in [2.05, 4.69) is 49.4 Å². The fraction of sp³-hybridized carbons (Fsp3) is 0.600. The molecule has 1 unspecified atom stereocenters. The van der Waals surface area contributed by atoms with Gasteiger partial charge in [0.25, 0.3) is 0 Å². The Morgan fingerprint density at radius 1 is 1.59 bits per heavy atom. The quantitative estimate of drug-likeness (QED) is 0.618. The largest absolute Gasteiger partial charge is 0.355 e. The third-order valence-electron chi connectivity index (χ3n) is 2.62. The molecule has 1 rings (SSSR count). The third-order valence-corrected chi connectivity index (χ3v) is 4.07. The Labute approximate surface area is 115 Å². The summed E-state index contributed by atoms with van der Waals surface area (Å²) in [5.41, 5.74) is 2.55. The summed E-state index contributed by atoms with van der Waals surface area (Å²) in [5.74, 6) is 7.91. The Bertz CT molecular complexity index is 363. The number of halogens is 1. The molecule has 1 aromatic heterocycles. The van der Waals surface area contributed by atoms with Crippen LogP contribution >= 0.6 is 27.7 Å². The summed E-state index contributed by atoms with van der Waals surface area (Å²) in [4.78, 5) is 10.5. The minimum absolute atomic E-state index is 0.446. The number of aromatic nitrogens is 2. The van der Waals surface area contributed by atoms with Crippen LogP contribution in [0.15, 0.2) is 10.8 Å². The first kappa shape index (κ1) is 14.5. The van der Waals surface area contributed by atoms with E-state index in [-0.39, 0.29) is 0 Å². The Kier molecular flexibility index (Phi) is 6.01. The van der Waals surface area contributed by atoms with Gasteiger partial charge in [0.2, 0.25) is 0 Å². The molecule has 3 N–H and O–H groups in total. The topological polar surface area (TPSA) is 67.1 Å². The molecule has 0 bridgehead atoms. The molecule has 1 heterocycles. The van der Waals surface area contributed by atoms with E-state index in [1.54, 1.807) is 0 Å². The lowest BCUT2D eigenvalue weighted by atomic mass is 10.2. The molecule has 5 nitrogen and oxygen atoms in total. The number of nitrogens with two attached hydrogens (primary N) is 1. The monoisotopic (exact) mass is 319 g/mol. The number of anilines is 2. The molecule has 0 fully saturated rings. The first-order chi connectivity index (χ1) is 8.15. The van der Waals surface area contributed by atoms with Crippen LogP contribution in [0.25, 0.3) is 0 Å². The van der Waals surface area contributed by atoms with Crippen LogP contribution in [0.2, 0.25) is 0 Å². The highest BCUT2D eigenvalue weighted by atomic mass is 79.9. The minimum atomic E-state index is 0.446. The molecule has 7 heteroatoms. The standard InChI is InChI=1S/C10H18BrN5S/c1-4-7(5-17-3)16(2)10-8(11)9(15-12)13-6-14-10/h6-7H,4-5,12H2,1-3H3,(H,13,14,15). The van der Waals surface area contributed by atoms with Crippen molar-refractivity contribution in [2.45, 2.75) is 19.4 Å². The molecule has 1 aromatic rings. The van der Waals surface area contributed by atoms with Gasteiger partial charge >= 0.3 is 0 Å². The van der Waals surface area contributed by atoms with E-state index in [9.17, 15) is 0 Å². The average Bonchev–Trinajstić information content (AvgIpc) is 2.35. The molecule has 0 saturated heterocycles. The van der Waals surface area contributed by atoms with Crippen LogP contribution in [-0.4, -0.2) is 35.1 Å². The van der Waals surface area contributed by atoms with Crippen molar-refractivity contribution < 1.29 is 0 Å². The molecule has 1 atom stereocenters. The second-order valence-electron chi connectivity index (χ2n) is 3.63. The predicted octanol–water partition coefficient (Wildman–Crippen LogP) is 2.10. The van der Waals surface area contributed by atoms with E-state index in [1.807, 2.05) is 18.8 Å². The highest BCUT2D eigenvalue weighted by molar-refractivity contribution is 9.10. The number of hydrazine groups is 1. The maximum absolute atomic E-state index is 5.39. The SMILES string of the molecule is CCC(CSC)N(C)c1ncnc(NN)c1Br. The van der Waals surface area contributed by atoms with Gasteiger partial charge in [-0.15, -0.1) is 0 Å². The van der Waals surface area contributed by atoms with E-state index in [0.29, 0.717) is 11.9 Å². The molecule has 17 heavy (non-hydrogen) atoms. The Morgan fingerprint density at radius 2 is 2.29 bits per heavy atom.